The molecule has 0 spiro atoms. The Morgan fingerprint density at radius 2 is 1.92 bits per heavy atom. The van der Waals surface area contributed by atoms with Crippen molar-refractivity contribution in [2.75, 3.05) is 32.7 Å². The molecule has 0 aliphatic carbocycles. The van der Waals surface area contributed by atoms with Crippen molar-refractivity contribution in [3.05, 3.63) is 0 Å². The first kappa shape index (κ1) is 10.9. The fraction of sp³-hybridized carbons (Fsp3) is 1.00. The Morgan fingerprint density at radius 1 is 1.23 bits per heavy atom. The zero-order valence-corrected chi connectivity index (χ0v) is 8.76. The SMILES string of the molecule is CCN1CCCN(S(N)(=O)=O)CC1. The minimum atomic E-state index is -3.47. The highest BCUT2D eigenvalue weighted by Gasteiger charge is 2.20. The molecule has 1 saturated heterocycles. The molecule has 0 unspecified atom stereocenters. The van der Waals surface area contributed by atoms with Crippen molar-refractivity contribution >= 4 is 10.2 Å². The lowest BCUT2D eigenvalue weighted by molar-refractivity contribution is 0.302. The molecule has 0 saturated carbocycles. The molecular formula is C7H17N3O2S. The molecule has 0 amide bonds. The molecule has 0 aromatic heterocycles. The molecule has 1 aliphatic rings. The summed E-state index contributed by atoms with van der Waals surface area (Å²) < 4.78 is 23.4. The fourth-order valence-electron chi connectivity index (χ4n) is 1.52. The van der Waals surface area contributed by atoms with Gasteiger partial charge in [0.05, 0.1) is 0 Å². The average Bonchev–Trinajstić information content (AvgIpc) is 2.26. The van der Waals surface area contributed by atoms with E-state index in [1.165, 1.54) is 4.31 Å². The zero-order chi connectivity index (χ0) is 9.90. The Kier molecular flexibility index (Phi) is 3.66. The summed E-state index contributed by atoms with van der Waals surface area (Å²) in [6.07, 6.45) is 0.865. The van der Waals surface area contributed by atoms with Crippen molar-refractivity contribution in [2.45, 2.75) is 13.3 Å². The van der Waals surface area contributed by atoms with E-state index in [9.17, 15) is 8.42 Å². The maximum atomic E-state index is 11.0. The lowest BCUT2D eigenvalue weighted by Gasteiger charge is -2.18. The number of likely N-dealkylation sites (N-methyl/N-ethyl adjacent to an activating group) is 1. The summed E-state index contributed by atoms with van der Waals surface area (Å²) in [5, 5.41) is 5.05. The minimum Gasteiger partial charge on any atom is -0.302 e. The van der Waals surface area contributed by atoms with Crippen LogP contribution in [0.15, 0.2) is 0 Å². The number of rotatable bonds is 2. The lowest BCUT2D eigenvalue weighted by atomic mass is 10.4. The van der Waals surface area contributed by atoms with Gasteiger partial charge in [0.1, 0.15) is 0 Å². The third-order valence-electron chi connectivity index (χ3n) is 2.35. The van der Waals surface area contributed by atoms with E-state index in [4.69, 9.17) is 5.14 Å². The fourth-order valence-corrected chi connectivity index (χ4v) is 2.24. The van der Waals surface area contributed by atoms with Gasteiger partial charge in [-0.25, -0.2) is 5.14 Å². The van der Waals surface area contributed by atoms with Crippen molar-refractivity contribution in [1.29, 1.82) is 0 Å². The molecule has 13 heavy (non-hydrogen) atoms. The van der Waals surface area contributed by atoms with Gasteiger partial charge in [-0.15, -0.1) is 0 Å². The minimum absolute atomic E-state index is 0.521. The van der Waals surface area contributed by atoms with E-state index in [0.29, 0.717) is 13.1 Å². The molecule has 1 rings (SSSR count). The first-order valence-electron chi connectivity index (χ1n) is 4.54. The van der Waals surface area contributed by atoms with E-state index in [1.807, 2.05) is 0 Å². The van der Waals surface area contributed by atoms with Crippen LogP contribution in [-0.2, 0) is 10.2 Å². The monoisotopic (exact) mass is 207 g/mol. The maximum Gasteiger partial charge on any atom is 0.276 e. The predicted molar refractivity (Wildman–Crippen MR) is 51.4 cm³/mol. The van der Waals surface area contributed by atoms with Crippen LogP contribution in [0, 0.1) is 0 Å². The number of nitrogens with zero attached hydrogens (tertiary/aromatic N) is 2. The average molecular weight is 207 g/mol. The third-order valence-corrected chi connectivity index (χ3v) is 3.44. The summed E-state index contributed by atoms with van der Waals surface area (Å²) in [4.78, 5) is 2.23. The highest BCUT2D eigenvalue weighted by Crippen LogP contribution is 2.04. The molecule has 1 heterocycles. The quantitative estimate of drug-likeness (QED) is 0.646. The highest BCUT2D eigenvalue weighted by molar-refractivity contribution is 7.86. The van der Waals surface area contributed by atoms with Gasteiger partial charge in [0.2, 0.25) is 0 Å². The molecule has 0 bridgehead atoms. The van der Waals surface area contributed by atoms with E-state index in [2.05, 4.69) is 11.8 Å². The Labute approximate surface area is 79.7 Å². The molecule has 1 aliphatic heterocycles. The summed E-state index contributed by atoms with van der Waals surface area (Å²) in [6, 6.07) is 0. The molecule has 0 radical (unpaired) electrons. The van der Waals surface area contributed by atoms with Gasteiger partial charge in [0.15, 0.2) is 0 Å². The molecule has 78 valence electrons. The van der Waals surface area contributed by atoms with Crippen molar-refractivity contribution < 1.29 is 8.42 Å². The van der Waals surface area contributed by atoms with E-state index in [0.717, 1.165) is 26.1 Å². The van der Waals surface area contributed by atoms with Gasteiger partial charge in [-0.1, -0.05) is 6.92 Å². The van der Waals surface area contributed by atoms with Gasteiger partial charge in [0, 0.05) is 19.6 Å². The Balaban J connectivity index is 2.55. The van der Waals surface area contributed by atoms with Crippen LogP contribution >= 0.6 is 0 Å². The summed E-state index contributed by atoms with van der Waals surface area (Å²) in [6.45, 7) is 5.86. The first-order valence-corrected chi connectivity index (χ1v) is 6.04. The number of hydrogen-bond acceptors (Lipinski definition) is 3. The predicted octanol–water partition coefficient (Wildman–Crippen LogP) is -0.782. The van der Waals surface area contributed by atoms with Gasteiger partial charge in [-0.3, -0.25) is 0 Å². The van der Waals surface area contributed by atoms with Crippen LogP contribution in [0.25, 0.3) is 0 Å². The van der Waals surface area contributed by atoms with E-state index < -0.39 is 10.2 Å². The summed E-state index contributed by atoms with van der Waals surface area (Å²) >= 11 is 0. The van der Waals surface area contributed by atoms with E-state index in [-0.39, 0.29) is 0 Å². The molecule has 5 nitrogen and oxygen atoms in total. The first-order chi connectivity index (χ1) is 6.04. The zero-order valence-electron chi connectivity index (χ0n) is 7.94. The largest absolute Gasteiger partial charge is 0.302 e. The molecule has 0 atom stereocenters. The number of hydrogen-bond donors (Lipinski definition) is 1. The van der Waals surface area contributed by atoms with Crippen LogP contribution < -0.4 is 5.14 Å². The van der Waals surface area contributed by atoms with Crippen molar-refractivity contribution in [3.63, 3.8) is 0 Å². The second-order valence-electron chi connectivity index (χ2n) is 3.23. The topological polar surface area (TPSA) is 66.6 Å². The standard InChI is InChI=1S/C7H17N3O2S/c1-2-9-4-3-5-10(7-6-9)13(8,11)12/h2-7H2,1H3,(H2,8,11,12). The lowest BCUT2D eigenvalue weighted by Crippen LogP contribution is -2.39. The summed E-state index contributed by atoms with van der Waals surface area (Å²) in [5.41, 5.74) is 0. The molecule has 0 aromatic rings. The van der Waals surface area contributed by atoms with Crippen LogP contribution in [-0.4, -0.2) is 50.3 Å². The van der Waals surface area contributed by atoms with Crippen LogP contribution in [0.3, 0.4) is 0 Å². The van der Waals surface area contributed by atoms with Crippen LogP contribution in [0.1, 0.15) is 13.3 Å². The maximum absolute atomic E-state index is 11.0. The molecule has 1 fully saturated rings. The van der Waals surface area contributed by atoms with Crippen molar-refractivity contribution in [2.24, 2.45) is 5.14 Å². The Hall–Kier alpha value is -0.170. The van der Waals surface area contributed by atoms with Crippen LogP contribution in [0.4, 0.5) is 0 Å². The van der Waals surface area contributed by atoms with E-state index in [1.54, 1.807) is 0 Å². The Bertz CT molecular complexity index is 252. The van der Waals surface area contributed by atoms with Crippen molar-refractivity contribution in [1.82, 2.24) is 9.21 Å². The van der Waals surface area contributed by atoms with Gasteiger partial charge < -0.3 is 4.90 Å². The van der Waals surface area contributed by atoms with Crippen molar-refractivity contribution in [3.8, 4) is 0 Å². The van der Waals surface area contributed by atoms with Crippen LogP contribution in [0.2, 0.25) is 0 Å². The van der Waals surface area contributed by atoms with Gasteiger partial charge in [-0.2, -0.15) is 12.7 Å². The van der Waals surface area contributed by atoms with E-state index >= 15 is 0 Å². The van der Waals surface area contributed by atoms with Crippen LogP contribution in [0.5, 0.6) is 0 Å². The second-order valence-corrected chi connectivity index (χ2v) is 4.78. The Morgan fingerprint density at radius 3 is 2.46 bits per heavy atom. The highest BCUT2D eigenvalue weighted by atomic mass is 32.2. The third kappa shape index (κ3) is 3.22. The second kappa shape index (κ2) is 4.36. The summed E-state index contributed by atoms with van der Waals surface area (Å²) in [5.74, 6) is 0. The normalized spacial score (nSPS) is 22.9. The molecule has 2 N–H and O–H groups in total. The van der Waals surface area contributed by atoms with Gasteiger partial charge >= 0.3 is 0 Å². The van der Waals surface area contributed by atoms with Gasteiger partial charge in [0.25, 0.3) is 10.2 Å². The molecule has 0 aromatic carbocycles. The molecular weight excluding hydrogens is 190 g/mol. The smallest absolute Gasteiger partial charge is 0.276 e. The van der Waals surface area contributed by atoms with Gasteiger partial charge in [-0.05, 0) is 19.5 Å². The number of nitrogens with two attached hydrogens (primary N) is 1. The molecule has 6 heteroatoms. The summed E-state index contributed by atoms with van der Waals surface area (Å²) in [7, 11) is -3.47.